The molecule has 0 radical (unpaired) electrons. The fourth-order valence-electron chi connectivity index (χ4n) is 4.54. The highest BCUT2D eigenvalue weighted by Crippen LogP contribution is 2.38. The average Bonchev–Trinajstić information content (AvgIpc) is 2.72. The molecule has 140 valence electrons. The highest BCUT2D eigenvalue weighted by molar-refractivity contribution is 6.13. The van der Waals surface area contributed by atoms with Crippen LogP contribution >= 0.6 is 0 Å². The van der Waals surface area contributed by atoms with Gasteiger partial charge in [-0.1, -0.05) is 54.6 Å². The van der Waals surface area contributed by atoms with E-state index < -0.39 is 11.7 Å². The van der Waals surface area contributed by atoms with Crippen molar-refractivity contribution in [3.05, 3.63) is 83.4 Å². The average molecular weight is 376 g/mol. The highest BCUT2D eigenvalue weighted by atomic mass is 19.4. The number of aryl methyl sites for hydroxylation is 2. The zero-order valence-corrected chi connectivity index (χ0v) is 15.3. The van der Waals surface area contributed by atoms with E-state index in [2.05, 4.69) is 30.3 Å². The van der Waals surface area contributed by atoms with E-state index in [0.29, 0.717) is 5.56 Å². The van der Waals surface area contributed by atoms with Crippen molar-refractivity contribution in [1.29, 1.82) is 0 Å². The maximum absolute atomic E-state index is 13.2. The van der Waals surface area contributed by atoms with Gasteiger partial charge in [0.1, 0.15) is 0 Å². The molecule has 0 atom stereocenters. The van der Waals surface area contributed by atoms with Gasteiger partial charge in [-0.2, -0.15) is 13.2 Å². The van der Waals surface area contributed by atoms with E-state index in [1.165, 1.54) is 46.9 Å². The summed E-state index contributed by atoms with van der Waals surface area (Å²) in [5.74, 6) is 0. The van der Waals surface area contributed by atoms with Crippen LogP contribution in [0.1, 0.15) is 29.5 Å². The van der Waals surface area contributed by atoms with E-state index in [4.69, 9.17) is 0 Å². The molecule has 0 spiro atoms. The molecule has 4 aromatic rings. The van der Waals surface area contributed by atoms with Crippen molar-refractivity contribution >= 4 is 21.5 Å². The van der Waals surface area contributed by atoms with Crippen molar-refractivity contribution in [3.8, 4) is 11.1 Å². The molecule has 0 amide bonds. The third-order valence-corrected chi connectivity index (χ3v) is 5.89. The highest BCUT2D eigenvalue weighted by Gasteiger charge is 2.30. The Bertz CT molecular complexity index is 1200. The number of rotatable bonds is 1. The van der Waals surface area contributed by atoms with Crippen LogP contribution in [0.3, 0.4) is 0 Å². The summed E-state index contributed by atoms with van der Waals surface area (Å²) in [7, 11) is 0. The lowest BCUT2D eigenvalue weighted by Crippen LogP contribution is -2.04. The van der Waals surface area contributed by atoms with E-state index in [0.717, 1.165) is 35.2 Å². The SMILES string of the molecule is FC(F)(F)c1cccc(-c2cccc3c2ccc2c4c(ccc23)CCCC4)c1. The summed E-state index contributed by atoms with van der Waals surface area (Å²) < 4.78 is 39.5. The molecule has 0 saturated carbocycles. The Hall–Kier alpha value is -2.81. The monoisotopic (exact) mass is 376 g/mol. The van der Waals surface area contributed by atoms with Crippen molar-refractivity contribution in [2.75, 3.05) is 0 Å². The first kappa shape index (κ1) is 17.3. The number of hydrogen-bond acceptors (Lipinski definition) is 0. The molecule has 0 bridgehead atoms. The first-order valence-corrected chi connectivity index (χ1v) is 9.66. The smallest absolute Gasteiger partial charge is 0.166 e. The summed E-state index contributed by atoms with van der Waals surface area (Å²) in [5, 5.41) is 4.56. The van der Waals surface area contributed by atoms with Crippen LogP contribution in [-0.2, 0) is 19.0 Å². The largest absolute Gasteiger partial charge is 0.416 e. The number of alkyl halides is 3. The Morgan fingerprint density at radius 2 is 1.36 bits per heavy atom. The zero-order chi connectivity index (χ0) is 19.3. The minimum absolute atomic E-state index is 0.595. The second-order valence-corrected chi connectivity index (χ2v) is 7.55. The van der Waals surface area contributed by atoms with E-state index in [1.807, 2.05) is 12.1 Å². The molecule has 0 nitrogen and oxygen atoms in total. The molecule has 1 aliphatic rings. The van der Waals surface area contributed by atoms with Crippen LogP contribution in [0.25, 0.3) is 32.7 Å². The standard InChI is InChI=1S/C25H19F3/c26-25(27,28)18-7-3-6-17(15-18)20-9-4-10-21-23(20)14-13-22-19-8-2-1-5-16(19)11-12-24(21)22/h3-4,6-7,9-15H,1-2,5,8H2. The number of halogens is 3. The van der Waals surface area contributed by atoms with Crippen LogP contribution in [0.5, 0.6) is 0 Å². The Morgan fingerprint density at radius 3 is 2.21 bits per heavy atom. The Labute approximate surface area is 161 Å². The van der Waals surface area contributed by atoms with Crippen LogP contribution in [0.4, 0.5) is 13.2 Å². The van der Waals surface area contributed by atoms with Gasteiger partial charge in [-0.3, -0.25) is 0 Å². The van der Waals surface area contributed by atoms with Gasteiger partial charge in [0.05, 0.1) is 5.56 Å². The van der Waals surface area contributed by atoms with E-state index in [9.17, 15) is 13.2 Å². The lowest BCUT2D eigenvalue weighted by molar-refractivity contribution is -0.137. The molecule has 0 heterocycles. The predicted molar refractivity (Wildman–Crippen MR) is 109 cm³/mol. The fourth-order valence-corrected chi connectivity index (χ4v) is 4.54. The maximum Gasteiger partial charge on any atom is 0.416 e. The molecule has 0 saturated heterocycles. The van der Waals surface area contributed by atoms with Gasteiger partial charge >= 0.3 is 6.18 Å². The van der Waals surface area contributed by atoms with Gasteiger partial charge in [0.2, 0.25) is 0 Å². The van der Waals surface area contributed by atoms with Crippen LogP contribution < -0.4 is 0 Å². The normalized spacial score (nSPS) is 14.4. The van der Waals surface area contributed by atoms with Crippen molar-refractivity contribution < 1.29 is 13.2 Å². The van der Waals surface area contributed by atoms with Gasteiger partial charge in [-0.15, -0.1) is 0 Å². The molecule has 0 fully saturated rings. The maximum atomic E-state index is 13.2. The van der Waals surface area contributed by atoms with Gasteiger partial charge in [0, 0.05) is 0 Å². The second kappa shape index (κ2) is 6.37. The van der Waals surface area contributed by atoms with Crippen LogP contribution in [-0.4, -0.2) is 0 Å². The zero-order valence-electron chi connectivity index (χ0n) is 15.3. The lowest BCUT2D eigenvalue weighted by atomic mass is 9.85. The van der Waals surface area contributed by atoms with E-state index >= 15 is 0 Å². The van der Waals surface area contributed by atoms with Gasteiger partial charge in [-0.25, -0.2) is 0 Å². The summed E-state index contributed by atoms with van der Waals surface area (Å²) >= 11 is 0. The van der Waals surface area contributed by atoms with Crippen LogP contribution in [0, 0.1) is 0 Å². The summed E-state index contributed by atoms with van der Waals surface area (Å²) in [6.45, 7) is 0. The Balaban J connectivity index is 1.75. The summed E-state index contributed by atoms with van der Waals surface area (Å²) in [4.78, 5) is 0. The quantitative estimate of drug-likeness (QED) is 0.301. The predicted octanol–water partition coefficient (Wildman–Crippen LogP) is 7.56. The van der Waals surface area contributed by atoms with E-state index in [-0.39, 0.29) is 0 Å². The van der Waals surface area contributed by atoms with Gasteiger partial charge in [0.15, 0.2) is 0 Å². The third-order valence-electron chi connectivity index (χ3n) is 5.89. The summed E-state index contributed by atoms with van der Waals surface area (Å²) in [5.41, 5.74) is 3.69. The van der Waals surface area contributed by atoms with E-state index in [1.54, 1.807) is 6.07 Å². The number of fused-ring (bicyclic) bond motifs is 5. The molecule has 0 N–H and O–H groups in total. The van der Waals surface area contributed by atoms with Crippen molar-refractivity contribution in [2.45, 2.75) is 31.9 Å². The van der Waals surface area contributed by atoms with Gasteiger partial charge in [0.25, 0.3) is 0 Å². The lowest BCUT2D eigenvalue weighted by Gasteiger charge is -2.19. The number of hydrogen-bond donors (Lipinski definition) is 0. The molecule has 0 aliphatic heterocycles. The molecule has 0 unspecified atom stereocenters. The number of benzene rings is 4. The van der Waals surface area contributed by atoms with Crippen molar-refractivity contribution in [1.82, 2.24) is 0 Å². The topological polar surface area (TPSA) is 0 Å². The molecular weight excluding hydrogens is 357 g/mol. The van der Waals surface area contributed by atoms with Gasteiger partial charge in [-0.05, 0) is 81.6 Å². The molecule has 0 aromatic heterocycles. The van der Waals surface area contributed by atoms with Gasteiger partial charge < -0.3 is 0 Å². The summed E-state index contributed by atoms with van der Waals surface area (Å²) in [6.07, 6.45) is 0.353. The fraction of sp³-hybridized carbons (Fsp3) is 0.200. The van der Waals surface area contributed by atoms with Crippen LogP contribution in [0.2, 0.25) is 0 Å². The first-order chi connectivity index (χ1) is 13.5. The minimum Gasteiger partial charge on any atom is -0.166 e. The molecule has 5 rings (SSSR count). The second-order valence-electron chi connectivity index (χ2n) is 7.55. The molecule has 3 heteroatoms. The summed E-state index contributed by atoms with van der Waals surface area (Å²) in [6, 6.07) is 20.1. The molecule has 1 aliphatic carbocycles. The Morgan fingerprint density at radius 1 is 0.643 bits per heavy atom. The van der Waals surface area contributed by atoms with Crippen LogP contribution in [0.15, 0.2) is 66.7 Å². The molecule has 4 aromatic carbocycles. The third kappa shape index (κ3) is 2.77. The van der Waals surface area contributed by atoms with Crippen molar-refractivity contribution in [2.24, 2.45) is 0 Å². The Kier molecular flexibility index (Phi) is 3.94. The van der Waals surface area contributed by atoms with Crippen molar-refractivity contribution in [3.63, 3.8) is 0 Å². The minimum atomic E-state index is -4.34. The molecular formula is C25H19F3. The first-order valence-electron chi connectivity index (χ1n) is 9.66. The molecule has 28 heavy (non-hydrogen) atoms.